The van der Waals surface area contributed by atoms with Crippen LogP contribution in [0.1, 0.15) is 57.4 Å². The molecule has 1 fully saturated rings. The topological polar surface area (TPSA) is 49.8 Å². The molecule has 1 aromatic carbocycles. The van der Waals surface area contributed by atoms with Crippen molar-refractivity contribution in [2.45, 2.75) is 51.9 Å². The number of carbonyl (C=O) groups excluding carboxylic acids is 1. The number of aromatic hydroxyl groups is 1. The van der Waals surface area contributed by atoms with Gasteiger partial charge in [0.2, 0.25) is 0 Å². The molecule has 4 heteroatoms. The highest BCUT2D eigenvalue weighted by molar-refractivity contribution is 5.79. The smallest absolute Gasteiger partial charge is 0.314 e. The zero-order valence-electron chi connectivity index (χ0n) is 16.0. The number of hydrogen-bond acceptors (Lipinski definition) is 4. The lowest BCUT2D eigenvalue weighted by atomic mass is 9.76. The zero-order chi connectivity index (χ0) is 18.8. The van der Waals surface area contributed by atoms with Crippen molar-refractivity contribution in [2.75, 3.05) is 26.2 Å². The fourth-order valence-electron chi connectivity index (χ4n) is 3.65. The molecule has 0 amide bonds. The number of phenols is 1. The summed E-state index contributed by atoms with van der Waals surface area (Å²) in [5, 5.41) is 10.2. The van der Waals surface area contributed by atoms with Gasteiger partial charge in [-0.1, -0.05) is 63.1 Å². The number of benzene rings is 1. The molecule has 0 saturated heterocycles. The van der Waals surface area contributed by atoms with Gasteiger partial charge >= 0.3 is 5.97 Å². The molecule has 1 atom stereocenters. The third-order valence-electron chi connectivity index (χ3n) is 5.26. The fraction of sp³-hybridized carbons (Fsp3) is 0.591. The Morgan fingerprint density at radius 1 is 1.19 bits per heavy atom. The van der Waals surface area contributed by atoms with E-state index in [0.29, 0.717) is 12.1 Å². The molecule has 4 nitrogen and oxygen atoms in total. The summed E-state index contributed by atoms with van der Waals surface area (Å²) in [6.07, 6.45) is 5.48. The van der Waals surface area contributed by atoms with E-state index < -0.39 is 5.92 Å². The van der Waals surface area contributed by atoms with Crippen LogP contribution in [-0.4, -0.2) is 42.2 Å². The average molecular weight is 357 g/mol. The van der Waals surface area contributed by atoms with Gasteiger partial charge in [-0.05, 0) is 37.9 Å². The van der Waals surface area contributed by atoms with Gasteiger partial charge in [-0.25, -0.2) is 0 Å². The number of esters is 1. The van der Waals surface area contributed by atoms with E-state index in [4.69, 9.17) is 4.74 Å². The van der Waals surface area contributed by atoms with Crippen LogP contribution < -0.4 is 0 Å². The van der Waals surface area contributed by atoms with E-state index in [-0.39, 0.29) is 24.2 Å². The molecule has 0 bridgehead atoms. The lowest BCUT2D eigenvalue weighted by Gasteiger charge is -2.29. The minimum atomic E-state index is -0.402. The average Bonchev–Trinajstić information content (AvgIpc) is 2.67. The number of nitrogens with zero attached hydrogens (tertiary/aromatic N) is 1. The first-order valence-corrected chi connectivity index (χ1v) is 9.80. The standard InChI is InChI=1S/C22H31NO3/c1-3-23(4-2)16-10-11-17-26-22(25)21(18-12-6-5-7-13-18)19-14-8-9-15-20(19)24/h8-9,14-15,18,21,24H,3-7,12-13,16-17H2,1-2H3. The van der Waals surface area contributed by atoms with Crippen molar-refractivity contribution in [1.29, 1.82) is 0 Å². The van der Waals surface area contributed by atoms with Crippen molar-refractivity contribution in [1.82, 2.24) is 4.90 Å². The van der Waals surface area contributed by atoms with Crippen LogP contribution in [0.3, 0.4) is 0 Å². The van der Waals surface area contributed by atoms with E-state index in [9.17, 15) is 9.90 Å². The summed E-state index contributed by atoms with van der Waals surface area (Å²) < 4.78 is 5.47. The summed E-state index contributed by atoms with van der Waals surface area (Å²) in [5.41, 5.74) is 0.681. The number of phenolic OH excluding ortho intramolecular Hbond substituents is 1. The third-order valence-corrected chi connectivity index (χ3v) is 5.26. The Morgan fingerprint density at radius 3 is 2.54 bits per heavy atom. The second-order valence-corrected chi connectivity index (χ2v) is 6.86. The van der Waals surface area contributed by atoms with Gasteiger partial charge in [-0.15, -0.1) is 0 Å². The summed E-state index contributed by atoms with van der Waals surface area (Å²) in [4.78, 5) is 15.0. The minimum absolute atomic E-state index is 0.108. The van der Waals surface area contributed by atoms with Crippen LogP contribution in [0.15, 0.2) is 24.3 Å². The first kappa shape index (κ1) is 20.3. The Balaban J connectivity index is 2.02. The van der Waals surface area contributed by atoms with Gasteiger partial charge in [0.05, 0.1) is 12.5 Å². The monoisotopic (exact) mass is 357 g/mol. The van der Waals surface area contributed by atoms with Crippen LogP contribution in [0.2, 0.25) is 0 Å². The number of carbonyl (C=O) groups is 1. The van der Waals surface area contributed by atoms with Crippen LogP contribution in [0.4, 0.5) is 0 Å². The molecule has 0 radical (unpaired) electrons. The fourth-order valence-corrected chi connectivity index (χ4v) is 3.65. The molecule has 0 heterocycles. The van der Waals surface area contributed by atoms with Crippen LogP contribution in [0.5, 0.6) is 5.75 Å². The highest BCUT2D eigenvalue weighted by Gasteiger charge is 2.33. The lowest BCUT2D eigenvalue weighted by molar-refractivity contribution is -0.145. The number of ether oxygens (including phenoxy) is 1. The number of rotatable bonds is 7. The first-order chi connectivity index (χ1) is 12.7. The second-order valence-electron chi connectivity index (χ2n) is 6.86. The van der Waals surface area contributed by atoms with Crippen molar-refractivity contribution < 1.29 is 14.6 Å². The van der Waals surface area contributed by atoms with Crippen molar-refractivity contribution in [3.8, 4) is 17.6 Å². The first-order valence-electron chi connectivity index (χ1n) is 9.80. The summed E-state index contributed by atoms with van der Waals surface area (Å²) in [5.74, 6) is 5.74. The molecule has 1 aromatic rings. The van der Waals surface area contributed by atoms with E-state index in [1.165, 1.54) is 6.42 Å². The summed E-state index contributed by atoms with van der Waals surface area (Å²) in [7, 11) is 0. The highest BCUT2D eigenvalue weighted by Crippen LogP contribution is 2.39. The molecular weight excluding hydrogens is 326 g/mol. The quantitative estimate of drug-likeness (QED) is 0.593. The van der Waals surface area contributed by atoms with Crippen molar-refractivity contribution in [2.24, 2.45) is 5.92 Å². The van der Waals surface area contributed by atoms with Crippen molar-refractivity contribution in [3.63, 3.8) is 0 Å². The Kier molecular flexibility index (Phi) is 8.50. The third kappa shape index (κ3) is 5.78. The zero-order valence-corrected chi connectivity index (χ0v) is 16.0. The molecule has 142 valence electrons. The Hall–Kier alpha value is -1.99. The van der Waals surface area contributed by atoms with Gasteiger partial charge in [-0.3, -0.25) is 9.69 Å². The molecular formula is C22H31NO3. The maximum Gasteiger partial charge on any atom is 0.314 e. The molecule has 2 rings (SSSR count). The second kappa shape index (κ2) is 10.9. The van der Waals surface area contributed by atoms with E-state index in [1.807, 2.05) is 12.1 Å². The Bertz CT molecular complexity index is 622. The van der Waals surface area contributed by atoms with Crippen LogP contribution in [-0.2, 0) is 9.53 Å². The van der Waals surface area contributed by atoms with Crippen LogP contribution in [0, 0.1) is 17.8 Å². The van der Waals surface area contributed by atoms with Gasteiger partial charge in [0.15, 0.2) is 6.61 Å². The highest BCUT2D eigenvalue weighted by atomic mass is 16.5. The van der Waals surface area contributed by atoms with Crippen LogP contribution >= 0.6 is 0 Å². The molecule has 0 spiro atoms. The van der Waals surface area contributed by atoms with Gasteiger partial charge in [0.1, 0.15) is 5.75 Å². The summed E-state index contributed by atoms with van der Waals surface area (Å²) >= 11 is 0. The number of para-hydroxylation sites is 1. The minimum Gasteiger partial charge on any atom is -0.508 e. The van der Waals surface area contributed by atoms with Gasteiger partial charge in [-0.2, -0.15) is 0 Å². The maximum atomic E-state index is 12.8. The molecule has 1 aliphatic rings. The van der Waals surface area contributed by atoms with Gasteiger partial charge in [0, 0.05) is 5.56 Å². The molecule has 1 unspecified atom stereocenters. The molecule has 1 saturated carbocycles. The lowest BCUT2D eigenvalue weighted by Crippen LogP contribution is -2.26. The van der Waals surface area contributed by atoms with Crippen molar-refractivity contribution in [3.05, 3.63) is 29.8 Å². The molecule has 0 aliphatic heterocycles. The Morgan fingerprint density at radius 2 is 1.88 bits per heavy atom. The number of hydrogen-bond donors (Lipinski definition) is 1. The predicted molar refractivity (Wildman–Crippen MR) is 104 cm³/mol. The maximum absolute atomic E-state index is 12.8. The predicted octanol–water partition coefficient (Wildman–Crippen LogP) is 3.94. The molecule has 1 N–H and O–H groups in total. The molecule has 0 aromatic heterocycles. The molecule has 1 aliphatic carbocycles. The van der Waals surface area contributed by atoms with Crippen molar-refractivity contribution >= 4 is 5.97 Å². The van der Waals surface area contributed by atoms with E-state index in [2.05, 4.69) is 30.6 Å². The van der Waals surface area contributed by atoms with E-state index in [0.717, 1.165) is 38.8 Å². The SMILES string of the molecule is CCN(CC)CC#CCOC(=O)C(c1ccccc1O)C1CCCCC1. The largest absolute Gasteiger partial charge is 0.508 e. The Labute approximate surface area is 157 Å². The van der Waals surface area contributed by atoms with E-state index in [1.54, 1.807) is 12.1 Å². The summed E-state index contributed by atoms with van der Waals surface area (Å²) in [6, 6.07) is 7.12. The molecule has 26 heavy (non-hydrogen) atoms. The van der Waals surface area contributed by atoms with Gasteiger partial charge in [0.25, 0.3) is 0 Å². The van der Waals surface area contributed by atoms with Crippen LogP contribution in [0.25, 0.3) is 0 Å². The van der Waals surface area contributed by atoms with Gasteiger partial charge < -0.3 is 9.84 Å². The summed E-state index contributed by atoms with van der Waals surface area (Å²) in [6.45, 7) is 6.93. The van der Waals surface area contributed by atoms with E-state index >= 15 is 0 Å². The normalized spacial score (nSPS) is 16.0.